The van der Waals surface area contributed by atoms with Crippen molar-refractivity contribution < 1.29 is 87.2 Å². The summed E-state index contributed by atoms with van der Waals surface area (Å²) in [5.74, 6) is -17.1. The molecule has 0 radical (unpaired) electrons. The number of rotatable bonds is 51. The van der Waals surface area contributed by atoms with E-state index in [0.717, 1.165) is 0 Å². The number of carboxylic acids is 1. The average molecular weight is 1520 g/mol. The molecule has 0 aliphatic rings. The molecule has 0 saturated heterocycles. The molecular formula is C62H105N23O18S2. The summed E-state index contributed by atoms with van der Waals surface area (Å²) >= 11 is 8.34. The van der Waals surface area contributed by atoms with Crippen LogP contribution in [0.2, 0.25) is 0 Å². The minimum Gasteiger partial charge on any atom is -0.481 e. The Morgan fingerprint density at radius 2 is 0.857 bits per heavy atom. The van der Waals surface area contributed by atoms with E-state index in [1.807, 2.05) is 0 Å². The van der Waals surface area contributed by atoms with Gasteiger partial charge < -0.3 is 129 Å². The van der Waals surface area contributed by atoms with Crippen LogP contribution in [0.5, 0.6) is 0 Å². The third-order valence-corrected chi connectivity index (χ3v) is 16.5. The maximum atomic E-state index is 14.5. The monoisotopic (exact) mass is 1520 g/mol. The van der Waals surface area contributed by atoms with Crippen LogP contribution >= 0.6 is 25.3 Å². The predicted octanol–water partition coefficient (Wildman–Crippen LogP) is -10.1. The largest absolute Gasteiger partial charge is 0.481 e. The Kier molecular flexibility index (Phi) is 44.5. The number of nitrogens with zero attached hydrogens (tertiary/aromatic N) is 3. The first-order valence-corrected chi connectivity index (χ1v) is 34.8. The summed E-state index contributed by atoms with van der Waals surface area (Å²) in [6, 6.07) is -8.99. The molecule has 1 aromatic rings. The third-order valence-electron chi connectivity index (χ3n) is 15.8. The molecule has 0 aromatic heterocycles. The van der Waals surface area contributed by atoms with E-state index in [4.69, 9.17) is 45.2 Å². The van der Waals surface area contributed by atoms with Gasteiger partial charge in [0.2, 0.25) is 76.8 Å². The van der Waals surface area contributed by atoms with E-state index >= 15 is 0 Å². The van der Waals surface area contributed by atoms with Crippen LogP contribution in [-0.4, -0.2) is 252 Å². The maximum absolute atomic E-state index is 14.5. The average Bonchev–Trinajstić information content (AvgIpc) is 0.858. The van der Waals surface area contributed by atoms with Gasteiger partial charge in [0.05, 0.1) is 38.8 Å². The predicted molar refractivity (Wildman–Crippen MR) is 390 cm³/mol. The molecule has 0 unspecified atom stereocenters. The number of guanidine groups is 3. The second kappa shape index (κ2) is 50.3. The number of hydrogen-bond acceptors (Lipinski definition) is 23. The second-order valence-corrected chi connectivity index (χ2v) is 24.9. The molecule has 0 saturated carbocycles. The van der Waals surface area contributed by atoms with Crippen LogP contribution in [-0.2, 0) is 78.3 Å². The molecule has 30 N–H and O–H groups in total. The van der Waals surface area contributed by atoms with Crippen molar-refractivity contribution in [3.63, 3.8) is 0 Å². The first-order chi connectivity index (χ1) is 49.6. The number of nitrogens with one attached hydrogen (secondary N) is 13. The number of nitrogens with two attached hydrogens (primary N) is 7. The van der Waals surface area contributed by atoms with Gasteiger partial charge in [0, 0.05) is 37.6 Å². The van der Waals surface area contributed by atoms with Gasteiger partial charge >= 0.3 is 5.97 Å². The van der Waals surface area contributed by atoms with Gasteiger partial charge in [-0.3, -0.25) is 82.1 Å². The van der Waals surface area contributed by atoms with Gasteiger partial charge in [-0.25, -0.2) is 0 Å². The Balaban J connectivity index is 3.43. The smallest absolute Gasteiger partial charge is 0.305 e. The first-order valence-electron chi connectivity index (χ1n) is 33.5. The van der Waals surface area contributed by atoms with E-state index in [1.165, 1.54) is 13.8 Å². The van der Waals surface area contributed by atoms with E-state index in [-0.39, 0.29) is 100 Å². The lowest BCUT2D eigenvalue weighted by molar-refractivity contribution is -0.142. The SMILES string of the molecule is CC[C@H](C)[C@H](NC(=O)[C@H](CCCN=C(N)N)NC(=O)CNC(=O)CNC(=O)[C@@H](C)NC(=O)[C@H](CS)NC(=O)[C@H](CO)NC(=O)[C@@H](N)CO)C(=O)N[C@@H](CC(=O)O)C(=O)N[C@@H](CCCN=C(N)N)C(=O)N[C@H](C(=O)N[C@@H](CS)C(=O)N[C@@H](Cc1ccccc1)C(=O)N[C@H](C=O)CCCN=C(N)N)[C@@H](C)CC. The molecule has 13 amide bonds. The minimum atomic E-state index is -1.97. The topological polar surface area (TPSA) is 692 Å². The van der Waals surface area contributed by atoms with E-state index in [0.29, 0.717) is 18.3 Å². The summed E-state index contributed by atoms with van der Waals surface area (Å²) in [7, 11) is 0. The Morgan fingerprint density at radius 3 is 1.31 bits per heavy atom. The van der Waals surface area contributed by atoms with Crippen LogP contribution in [0.25, 0.3) is 0 Å². The molecule has 0 aliphatic heterocycles. The molecule has 1 aromatic carbocycles. The van der Waals surface area contributed by atoms with Crippen LogP contribution in [0.1, 0.15) is 98.0 Å². The lowest BCUT2D eigenvalue weighted by atomic mass is 9.96. The number of aliphatic hydroxyl groups excluding tert-OH is 2. The highest BCUT2D eigenvalue weighted by atomic mass is 32.1. The Labute approximate surface area is 617 Å². The van der Waals surface area contributed by atoms with Crippen molar-refractivity contribution in [2.75, 3.05) is 57.4 Å². The van der Waals surface area contributed by atoms with Crippen molar-refractivity contribution >= 4 is 132 Å². The summed E-state index contributed by atoms with van der Waals surface area (Å²) in [6.07, 6.45) is -0.154. The van der Waals surface area contributed by atoms with Crippen LogP contribution in [0.4, 0.5) is 0 Å². The molecule has 43 heteroatoms. The number of aldehydes is 1. The highest BCUT2D eigenvalue weighted by molar-refractivity contribution is 7.80. The molecule has 0 aliphatic carbocycles. The number of aliphatic hydroxyl groups is 2. The number of aliphatic imine (C=N–C) groups is 3. The van der Waals surface area contributed by atoms with Crippen LogP contribution in [0.3, 0.4) is 0 Å². The van der Waals surface area contributed by atoms with Crippen molar-refractivity contribution in [1.29, 1.82) is 0 Å². The van der Waals surface area contributed by atoms with E-state index in [2.05, 4.69) is 109 Å². The molecule has 0 fully saturated rings. The first kappa shape index (κ1) is 92.9. The lowest BCUT2D eigenvalue weighted by Crippen LogP contribution is -2.62. The summed E-state index contributed by atoms with van der Waals surface area (Å²) in [4.78, 5) is 213. The zero-order chi connectivity index (χ0) is 79.5. The highest BCUT2D eigenvalue weighted by Crippen LogP contribution is 2.14. The van der Waals surface area contributed by atoms with Gasteiger partial charge in [-0.2, -0.15) is 25.3 Å². The molecule has 0 bridgehead atoms. The summed E-state index contributed by atoms with van der Waals surface area (Å²) in [5, 5.41) is 60.2. The number of carboxylic acid groups (broad SMARTS) is 1. The number of hydrogen-bond donors (Lipinski definition) is 25. The number of thiol groups is 2. The summed E-state index contributed by atoms with van der Waals surface area (Å²) in [6.45, 7) is 4.48. The number of carbonyl (C=O) groups excluding carboxylic acids is 14. The molecule has 1 rings (SSSR count). The minimum absolute atomic E-state index is 0.00807. The van der Waals surface area contributed by atoms with E-state index in [1.54, 1.807) is 51.1 Å². The lowest BCUT2D eigenvalue weighted by Gasteiger charge is -2.30. The molecule has 0 heterocycles. The molecule has 588 valence electrons. The van der Waals surface area contributed by atoms with Crippen LogP contribution in [0.15, 0.2) is 45.3 Å². The molecular weight excluding hydrogens is 1420 g/mol. The number of amides is 13. The van der Waals surface area contributed by atoms with E-state index in [9.17, 15) is 82.1 Å². The zero-order valence-electron chi connectivity index (χ0n) is 59.2. The molecule has 0 spiro atoms. The summed E-state index contributed by atoms with van der Waals surface area (Å²) < 4.78 is 0. The van der Waals surface area contributed by atoms with Crippen molar-refractivity contribution in [2.45, 2.75) is 171 Å². The maximum Gasteiger partial charge on any atom is 0.305 e. The third kappa shape index (κ3) is 36.7. The van der Waals surface area contributed by atoms with E-state index < -0.39 is 200 Å². The van der Waals surface area contributed by atoms with Gasteiger partial charge in [-0.05, 0) is 62.8 Å². The number of benzene rings is 1. The van der Waals surface area contributed by atoms with Crippen molar-refractivity contribution in [2.24, 2.45) is 66.9 Å². The van der Waals surface area contributed by atoms with Gasteiger partial charge in [-0.15, -0.1) is 0 Å². The molecule has 41 nitrogen and oxygen atoms in total. The highest BCUT2D eigenvalue weighted by Gasteiger charge is 2.38. The standard InChI is InChI=1S/C62H105N23O18S2/c1-6-31(3)47(84-51(95)37(17-12-20-71-61(66)67)77-45(90)25-73-44(89)24-74-49(93)33(5)75-56(100)42(29-104)82-55(99)41(28-88)81-50(94)36(63)27-87)58(102)80-40(23-46(91)92)54(98)78-38(18-13-21-72-62(68)69)52(96)85-48(32(4)7-2)59(103)83-43(30-105)57(101)79-39(22-34-14-9-8-10-15-34)53(97)76-35(26-86)16-11-19-70-60(64)65/h8-10,14-15,26,31-33,35-43,47-48,87-88,104-105H,6-7,11-13,16-25,27-30,63H2,1-5H3,(H,73,89)(H,74,93)(H,75,100)(H,76,97)(H,77,90)(H,78,98)(H,79,101)(H,80,102)(H,81,94)(H,82,99)(H,83,103)(H,84,95)(H,85,96)(H,91,92)(H4,64,65,70)(H4,66,67,71)(H4,68,69,72)/t31-,32-,33+,35-,36-,37-,38-,39-,40-,41-,42-,43-,47-,48-/m0/s1. The molecule has 105 heavy (non-hydrogen) atoms. The van der Waals surface area contributed by atoms with Gasteiger partial charge in [0.25, 0.3) is 0 Å². The van der Waals surface area contributed by atoms with Crippen LogP contribution in [0, 0.1) is 11.8 Å². The summed E-state index contributed by atoms with van der Waals surface area (Å²) in [5.41, 5.74) is 38.9. The fourth-order valence-electron chi connectivity index (χ4n) is 9.35. The van der Waals surface area contributed by atoms with Crippen molar-refractivity contribution in [3.8, 4) is 0 Å². The fourth-order valence-corrected chi connectivity index (χ4v) is 9.86. The Morgan fingerprint density at radius 1 is 0.457 bits per heavy atom. The zero-order valence-corrected chi connectivity index (χ0v) is 61.0. The van der Waals surface area contributed by atoms with Gasteiger partial charge in [0.15, 0.2) is 17.9 Å². The fraction of sp³-hybridized carbons (Fsp3) is 0.613. The molecule has 14 atom stereocenters. The van der Waals surface area contributed by atoms with Crippen molar-refractivity contribution in [1.82, 2.24) is 69.1 Å². The Hall–Kier alpha value is -10.1. The number of aliphatic carboxylic acids is 1. The van der Waals surface area contributed by atoms with Crippen molar-refractivity contribution in [3.05, 3.63) is 35.9 Å². The van der Waals surface area contributed by atoms with Gasteiger partial charge in [0.1, 0.15) is 72.7 Å². The van der Waals surface area contributed by atoms with Gasteiger partial charge in [-0.1, -0.05) is 70.9 Å². The van der Waals surface area contributed by atoms with Crippen LogP contribution < -0.4 is 109 Å². The Bertz CT molecular complexity index is 3160. The quantitative estimate of drug-likeness (QED) is 0.00947. The number of carbonyl (C=O) groups is 15. The normalized spacial score (nSPS) is 14.8. The second-order valence-electron chi connectivity index (χ2n) is 24.2.